The molecule has 90 valence electrons. The third-order valence-electron chi connectivity index (χ3n) is 2.92. The molecule has 0 amide bonds. The van der Waals surface area contributed by atoms with Gasteiger partial charge in [-0.3, -0.25) is 0 Å². The Morgan fingerprint density at radius 1 is 1.38 bits per heavy atom. The summed E-state index contributed by atoms with van der Waals surface area (Å²) in [5.41, 5.74) is 0.899. The second-order valence-corrected chi connectivity index (χ2v) is 4.86. The van der Waals surface area contributed by atoms with Gasteiger partial charge < -0.3 is 5.32 Å². The number of nitrogens with one attached hydrogen (secondary N) is 1. The highest BCUT2D eigenvalue weighted by Gasteiger charge is 2.16. The molecule has 0 bridgehead atoms. The topological polar surface area (TPSA) is 12.0 Å². The maximum absolute atomic E-state index is 13.3. The summed E-state index contributed by atoms with van der Waals surface area (Å²) in [7, 11) is 1.93. The molecule has 0 aliphatic carbocycles. The van der Waals surface area contributed by atoms with Crippen LogP contribution in [-0.2, 0) is 6.42 Å². The van der Waals surface area contributed by atoms with E-state index in [0.29, 0.717) is 11.8 Å². The molecule has 0 aliphatic heterocycles. The van der Waals surface area contributed by atoms with Gasteiger partial charge in [-0.2, -0.15) is 0 Å². The molecule has 0 heterocycles. The predicted octanol–water partition coefficient (Wildman–Crippen LogP) is 3.51. The van der Waals surface area contributed by atoms with Gasteiger partial charge in [0.05, 0.1) is 5.02 Å². The Balaban J connectivity index is 2.81. The molecule has 1 atom stereocenters. The number of halogens is 2. The van der Waals surface area contributed by atoms with Crippen LogP contribution in [0.15, 0.2) is 18.2 Å². The fourth-order valence-electron chi connectivity index (χ4n) is 1.79. The second kappa shape index (κ2) is 6.21. The van der Waals surface area contributed by atoms with E-state index >= 15 is 0 Å². The molecule has 1 aromatic carbocycles. The first kappa shape index (κ1) is 13.5. The number of hydrogen-bond donors (Lipinski definition) is 1. The van der Waals surface area contributed by atoms with Crippen molar-refractivity contribution in [3.63, 3.8) is 0 Å². The molecule has 0 aromatic heterocycles. The van der Waals surface area contributed by atoms with Crippen LogP contribution < -0.4 is 5.32 Å². The van der Waals surface area contributed by atoms with E-state index < -0.39 is 0 Å². The molecule has 0 fully saturated rings. The van der Waals surface area contributed by atoms with Gasteiger partial charge in [0, 0.05) is 0 Å². The van der Waals surface area contributed by atoms with Crippen LogP contribution in [0, 0.1) is 17.7 Å². The molecule has 1 rings (SSSR count). The van der Waals surface area contributed by atoms with Gasteiger partial charge in [-0.25, -0.2) is 4.39 Å². The van der Waals surface area contributed by atoms with Crippen molar-refractivity contribution in [3.05, 3.63) is 34.6 Å². The van der Waals surface area contributed by atoms with Gasteiger partial charge >= 0.3 is 0 Å². The Morgan fingerprint density at radius 3 is 2.62 bits per heavy atom. The van der Waals surface area contributed by atoms with E-state index in [1.54, 1.807) is 6.07 Å². The zero-order chi connectivity index (χ0) is 12.1. The van der Waals surface area contributed by atoms with Crippen LogP contribution in [0.25, 0.3) is 0 Å². The van der Waals surface area contributed by atoms with Crippen LogP contribution in [0.2, 0.25) is 5.02 Å². The molecule has 1 N–H and O–H groups in total. The molecule has 0 saturated carbocycles. The van der Waals surface area contributed by atoms with E-state index in [2.05, 4.69) is 19.2 Å². The highest BCUT2D eigenvalue weighted by atomic mass is 35.5. The third-order valence-corrected chi connectivity index (χ3v) is 3.35. The van der Waals surface area contributed by atoms with Gasteiger partial charge in [0.2, 0.25) is 0 Å². The molecule has 0 saturated heterocycles. The summed E-state index contributed by atoms with van der Waals surface area (Å²) in [5.74, 6) is 0.696. The summed E-state index contributed by atoms with van der Waals surface area (Å²) in [5, 5.41) is 3.43. The van der Waals surface area contributed by atoms with Gasteiger partial charge in [0.1, 0.15) is 5.82 Å². The Labute approximate surface area is 102 Å². The van der Waals surface area contributed by atoms with Crippen molar-refractivity contribution in [2.75, 3.05) is 13.6 Å². The van der Waals surface area contributed by atoms with Crippen molar-refractivity contribution in [3.8, 4) is 0 Å². The lowest BCUT2D eigenvalue weighted by molar-refractivity contribution is 0.370. The van der Waals surface area contributed by atoms with E-state index in [1.165, 1.54) is 6.07 Å². The predicted molar refractivity (Wildman–Crippen MR) is 67.4 cm³/mol. The standard InChI is InChI=1S/C13H19ClFN/c1-9(2)11(8-16-3)7-10-5-4-6-12(15)13(10)14/h4-6,9,11,16H,7-8H2,1-3H3. The van der Waals surface area contributed by atoms with E-state index in [1.807, 2.05) is 13.1 Å². The highest BCUT2D eigenvalue weighted by Crippen LogP contribution is 2.24. The van der Waals surface area contributed by atoms with Gasteiger partial charge in [-0.05, 0) is 43.5 Å². The largest absolute Gasteiger partial charge is 0.319 e. The first-order valence-corrected chi connectivity index (χ1v) is 6.01. The molecule has 1 unspecified atom stereocenters. The molecule has 0 aliphatic rings. The SMILES string of the molecule is CNCC(Cc1cccc(F)c1Cl)C(C)C. The highest BCUT2D eigenvalue weighted by molar-refractivity contribution is 6.31. The lowest BCUT2D eigenvalue weighted by atomic mass is 9.89. The summed E-state index contributed by atoms with van der Waals surface area (Å²) in [6.07, 6.45) is 0.815. The Bertz CT molecular complexity index is 339. The quantitative estimate of drug-likeness (QED) is 0.835. The first-order valence-electron chi connectivity index (χ1n) is 5.63. The summed E-state index contributed by atoms with van der Waals surface area (Å²) in [6, 6.07) is 5.01. The van der Waals surface area contributed by atoms with Crippen LogP contribution in [0.5, 0.6) is 0 Å². The van der Waals surface area contributed by atoms with Crippen LogP contribution in [-0.4, -0.2) is 13.6 Å². The van der Waals surface area contributed by atoms with E-state index in [-0.39, 0.29) is 10.8 Å². The molecule has 0 spiro atoms. The summed E-state index contributed by atoms with van der Waals surface area (Å²) < 4.78 is 13.3. The van der Waals surface area contributed by atoms with E-state index in [9.17, 15) is 4.39 Å². The van der Waals surface area contributed by atoms with Crippen LogP contribution >= 0.6 is 11.6 Å². The Morgan fingerprint density at radius 2 is 2.06 bits per heavy atom. The summed E-state index contributed by atoms with van der Waals surface area (Å²) in [4.78, 5) is 0. The zero-order valence-electron chi connectivity index (χ0n) is 10.1. The van der Waals surface area contributed by atoms with Crippen molar-refractivity contribution in [1.29, 1.82) is 0 Å². The first-order chi connectivity index (χ1) is 7.56. The average Bonchev–Trinajstić information content (AvgIpc) is 2.23. The Kier molecular flexibility index (Phi) is 5.23. The molecule has 1 aromatic rings. The van der Waals surface area contributed by atoms with Gasteiger partial charge in [-0.1, -0.05) is 37.6 Å². The monoisotopic (exact) mass is 243 g/mol. The van der Waals surface area contributed by atoms with Crippen molar-refractivity contribution >= 4 is 11.6 Å². The smallest absolute Gasteiger partial charge is 0.142 e. The van der Waals surface area contributed by atoms with Crippen molar-refractivity contribution in [2.45, 2.75) is 20.3 Å². The minimum Gasteiger partial charge on any atom is -0.319 e. The Hall–Kier alpha value is -0.600. The summed E-state index contributed by atoms with van der Waals surface area (Å²) in [6.45, 7) is 5.27. The molecular weight excluding hydrogens is 225 g/mol. The summed E-state index contributed by atoms with van der Waals surface area (Å²) >= 11 is 5.95. The maximum atomic E-state index is 13.3. The van der Waals surface area contributed by atoms with Gasteiger partial charge in [0.15, 0.2) is 0 Å². The average molecular weight is 244 g/mol. The van der Waals surface area contributed by atoms with Gasteiger partial charge in [0.25, 0.3) is 0 Å². The van der Waals surface area contributed by atoms with E-state index in [0.717, 1.165) is 18.5 Å². The van der Waals surface area contributed by atoms with Crippen molar-refractivity contribution in [2.24, 2.45) is 11.8 Å². The molecule has 3 heteroatoms. The van der Waals surface area contributed by atoms with Crippen LogP contribution in [0.4, 0.5) is 4.39 Å². The fraction of sp³-hybridized carbons (Fsp3) is 0.538. The minimum atomic E-state index is -0.328. The molecular formula is C13H19ClFN. The maximum Gasteiger partial charge on any atom is 0.142 e. The van der Waals surface area contributed by atoms with E-state index in [4.69, 9.17) is 11.6 Å². The number of benzene rings is 1. The molecule has 16 heavy (non-hydrogen) atoms. The van der Waals surface area contributed by atoms with Crippen molar-refractivity contribution < 1.29 is 4.39 Å². The second-order valence-electron chi connectivity index (χ2n) is 4.48. The number of hydrogen-bond acceptors (Lipinski definition) is 1. The van der Waals surface area contributed by atoms with Crippen LogP contribution in [0.3, 0.4) is 0 Å². The van der Waals surface area contributed by atoms with Crippen LogP contribution in [0.1, 0.15) is 19.4 Å². The third kappa shape index (κ3) is 3.46. The zero-order valence-corrected chi connectivity index (χ0v) is 10.8. The lowest BCUT2D eigenvalue weighted by Crippen LogP contribution is -2.25. The van der Waals surface area contributed by atoms with Crippen molar-refractivity contribution in [1.82, 2.24) is 5.32 Å². The normalized spacial score (nSPS) is 13.1. The minimum absolute atomic E-state index is 0.268. The van der Waals surface area contributed by atoms with Gasteiger partial charge in [-0.15, -0.1) is 0 Å². The number of rotatable bonds is 5. The molecule has 1 nitrogen and oxygen atoms in total. The fourth-order valence-corrected chi connectivity index (χ4v) is 2.00. The molecule has 0 radical (unpaired) electrons. The lowest BCUT2D eigenvalue weighted by Gasteiger charge is -2.21.